The molecule has 3 N–H and O–H groups in total. The molecule has 2 atom stereocenters. The molecule has 1 saturated carbocycles. The minimum atomic E-state index is -0.634. The molecule has 2 unspecified atom stereocenters. The molecule has 1 heterocycles. The van der Waals surface area contributed by atoms with Crippen molar-refractivity contribution in [2.45, 2.75) is 50.7 Å². The summed E-state index contributed by atoms with van der Waals surface area (Å²) < 4.78 is 2.00. The van der Waals surface area contributed by atoms with E-state index >= 15 is 0 Å². The second-order valence-electron chi connectivity index (χ2n) is 5.18. The number of amides is 1. The molecule has 17 heavy (non-hydrogen) atoms. The molecule has 0 spiro atoms. The number of rotatable bonds is 6. The zero-order valence-electron chi connectivity index (χ0n) is 10.4. The maximum absolute atomic E-state index is 11.6. The first-order chi connectivity index (χ1) is 8.01. The first kappa shape index (κ1) is 12.1. The first-order valence-electron chi connectivity index (χ1n) is 6.06. The smallest absolute Gasteiger partial charge is 0.237 e. The molecule has 1 amide bonds. The number of hydrogen-bond acceptors (Lipinski definition) is 3. The van der Waals surface area contributed by atoms with Crippen LogP contribution in [0.25, 0.3) is 0 Å². The third-order valence-electron chi connectivity index (χ3n) is 3.38. The maximum Gasteiger partial charge on any atom is 0.237 e. The predicted octanol–water partition coefficient (Wildman–Crippen LogP) is 0.830. The molecule has 0 saturated heterocycles. The van der Waals surface area contributed by atoms with Gasteiger partial charge in [-0.15, -0.1) is 0 Å². The molecule has 1 fully saturated rings. The average Bonchev–Trinajstić information content (AvgIpc) is 2.89. The van der Waals surface area contributed by atoms with Gasteiger partial charge in [0.25, 0.3) is 0 Å². The van der Waals surface area contributed by atoms with Gasteiger partial charge in [0.1, 0.15) is 0 Å². The van der Waals surface area contributed by atoms with Gasteiger partial charge in [0, 0.05) is 24.5 Å². The topological polar surface area (TPSA) is 72.9 Å². The van der Waals surface area contributed by atoms with Crippen LogP contribution in [0.2, 0.25) is 0 Å². The summed E-state index contributed by atoms with van der Waals surface area (Å²) in [6, 6.07) is 0.656. The van der Waals surface area contributed by atoms with Crippen molar-refractivity contribution >= 4 is 5.91 Å². The number of imidazole rings is 1. The van der Waals surface area contributed by atoms with E-state index in [-0.39, 0.29) is 11.9 Å². The molecule has 0 bridgehead atoms. The standard InChI is InChI=1S/C12H20N4O/c1-9(16-6-5-14-8-16)7-12(2,11(13)17)15-10-3-4-10/h5-6,8-10,15H,3-4,7H2,1-2H3,(H2,13,17). The van der Waals surface area contributed by atoms with Crippen LogP contribution in [0.15, 0.2) is 18.7 Å². The Morgan fingerprint density at radius 2 is 2.41 bits per heavy atom. The molecule has 1 aliphatic rings. The fraction of sp³-hybridized carbons (Fsp3) is 0.667. The second-order valence-corrected chi connectivity index (χ2v) is 5.18. The quantitative estimate of drug-likeness (QED) is 0.768. The monoisotopic (exact) mass is 236 g/mol. The van der Waals surface area contributed by atoms with Gasteiger partial charge in [-0.3, -0.25) is 4.79 Å². The van der Waals surface area contributed by atoms with Crippen molar-refractivity contribution in [2.75, 3.05) is 0 Å². The van der Waals surface area contributed by atoms with Crippen LogP contribution in [0, 0.1) is 0 Å². The fourth-order valence-corrected chi connectivity index (χ4v) is 2.14. The largest absolute Gasteiger partial charge is 0.368 e. The molecule has 0 aromatic carbocycles. The van der Waals surface area contributed by atoms with Crippen LogP contribution in [-0.4, -0.2) is 27.0 Å². The van der Waals surface area contributed by atoms with E-state index in [1.165, 1.54) is 0 Å². The molecular weight excluding hydrogens is 216 g/mol. The average molecular weight is 236 g/mol. The summed E-state index contributed by atoms with van der Waals surface area (Å²) in [5.74, 6) is -0.281. The Bertz CT molecular complexity index is 385. The third kappa shape index (κ3) is 2.85. The van der Waals surface area contributed by atoms with E-state index in [1.54, 1.807) is 12.5 Å². The summed E-state index contributed by atoms with van der Waals surface area (Å²) in [5.41, 5.74) is 4.89. The van der Waals surface area contributed by atoms with Gasteiger partial charge in [-0.1, -0.05) is 0 Å². The van der Waals surface area contributed by atoms with Gasteiger partial charge in [0.05, 0.1) is 11.9 Å². The van der Waals surface area contributed by atoms with E-state index in [9.17, 15) is 4.79 Å². The van der Waals surface area contributed by atoms with Crippen molar-refractivity contribution in [2.24, 2.45) is 5.73 Å². The first-order valence-corrected chi connectivity index (χ1v) is 6.06. The maximum atomic E-state index is 11.6. The van der Waals surface area contributed by atoms with Crippen LogP contribution in [0.1, 0.15) is 39.2 Å². The highest BCUT2D eigenvalue weighted by Crippen LogP contribution is 2.27. The van der Waals surface area contributed by atoms with Crippen LogP contribution < -0.4 is 11.1 Å². The van der Waals surface area contributed by atoms with E-state index in [2.05, 4.69) is 17.2 Å². The lowest BCUT2D eigenvalue weighted by atomic mass is 9.92. The number of aromatic nitrogens is 2. The zero-order valence-corrected chi connectivity index (χ0v) is 10.4. The predicted molar refractivity (Wildman–Crippen MR) is 65.3 cm³/mol. The molecular formula is C12H20N4O. The summed E-state index contributed by atoms with van der Waals surface area (Å²) in [7, 11) is 0. The summed E-state index contributed by atoms with van der Waals surface area (Å²) in [5, 5.41) is 3.35. The SMILES string of the molecule is CC(CC(C)(NC1CC1)C(N)=O)n1ccnc1. The number of hydrogen-bond donors (Lipinski definition) is 2. The molecule has 1 aromatic heterocycles. The minimum absolute atomic E-state index is 0.196. The van der Waals surface area contributed by atoms with Gasteiger partial charge >= 0.3 is 0 Å². The number of primary amides is 1. The number of carbonyl (C=O) groups is 1. The van der Waals surface area contributed by atoms with Crippen LogP contribution in [0.4, 0.5) is 0 Å². The normalized spacial score (nSPS) is 20.8. The van der Waals surface area contributed by atoms with Gasteiger partial charge in [0.2, 0.25) is 5.91 Å². The van der Waals surface area contributed by atoms with Gasteiger partial charge in [-0.05, 0) is 33.1 Å². The second kappa shape index (κ2) is 4.49. The van der Waals surface area contributed by atoms with Gasteiger partial charge in [0.15, 0.2) is 0 Å². The summed E-state index contributed by atoms with van der Waals surface area (Å²) in [6.07, 6.45) is 8.37. The number of nitrogens with zero attached hydrogens (tertiary/aromatic N) is 2. The van der Waals surface area contributed by atoms with E-state index in [0.717, 1.165) is 12.8 Å². The Hall–Kier alpha value is -1.36. The molecule has 2 rings (SSSR count). The Morgan fingerprint density at radius 3 is 2.88 bits per heavy atom. The number of nitrogens with two attached hydrogens (primary N) is 1. The van der Waals surface area contributed by atoms with Crippen molar-refractivity contribution in [3.05, 3.63) is 18.7 Å². The van der Waals surface area contributed by atoms with Crippen molar-refractivity contribution in [1.82, 2.24) is 14.9 Å². The van der Waals surface area contributed by atoms with E-state index in [1.807, 2.05) is 17.7 Å². The minimum Gasteiger partial charge on any atom is -0.368 e. The van der Waals surface area contributed by atoms with Gasteiger partial charge in [-0.25, -0.2) is 4.98 Å². The molecule has 5 heteroatoms. The molecule has 5 nitrogen and oxygen atoms in total. The highest BCUT2D eigenvalue weighted by molar-refractivity contribution is 5.84. The summed E-state index contributed by atoms with van der Waals surface area (Å²) in [6.45, 7) is 3.96. The molecule has 1 aromatic rings. The summed E-state index contributed by atoms with van der Waals surface area (Å²) in [4.78, 5) is 15.6. The van der Waals surface area contributed by atoms with Crippen LogP contribution in [-0.2, 0) is 4.79 Å². The molecule has 0 aliphatic heterocycles. The van der Waals surface area contributed by atoms with E-state index < -0.39 is 5.54 Å². The highest BCUT2D eigenvalue weighted by Gasteiger charge is 2.38. The lowest BCUT2D eigenvalue weighted by Crippen LogP contribution is -2.54. The van der Waals surface area contributed by atoms with Crippen molar-refractivity contribution in [1.29, 1.82) is 0 Å². The van der Waals surface area contributed by atoms with Crippen LogP contribution >= 0.6 is 0 Å². The fourth-order valence-electron chi connectivity index (χ4n) is 2.14. The number of carbonyl (C=O) groups excluding carboxylic acids is 1. The van der Waals surface area contributed by atoms with E-state index in [4.69, 9.17) is 5.73 Å². The van der Waals surface area contributed by atoms with Gasteiger partial charge in [-0.2, -0.15) is 0 Å². The van der Waals surface area contributed by atoms with Crippen LogP contribution in [0.3, 0.4) is 0 Å². The molecule has 1 aliphatic carbocycles. The Kier molecular flexibility index (Phi) is 3.19. The highest BCUT2D eigenvalue weighted by atomic mass is 16.1. The lowest BCUT2D eigenvalue weighted by molar-refractivity contribution is -0.124. The Balaban J connectivity index is 2.03. The summed E-state index contributed by atoms with van der Waals surface area (Å²) >= 11 is 0. The number of nitrogens with one attached hydrogen (secondary N) is 1. The van der Waals surface area contributed by atoms with Crippen LogP contribution in [0.5, 0.6) is 0 Å². The molecule has 0 radical (unpaired) electrons. The molecule has 94 valence electrons. The third-order valence-corrected chi connectivity index (χ3v) is 3.38. The van der Waals surface area contributed by atoms with Crippen molar-refractivity contribution in [3.8, 4) is 0 Å². The van der Waals surface area contributed by atoms with Gasteiger partial charge < -0.3 is 15.6 Å². The van der Waals surface area contributed by atoms with Crippen molar-refractivity contribution < 1.29 is 4.79 Å². The van der Waals surface area contributed by atoms with E-state index in [0.29, 0.717) is 12.5 Å². The lowest BCUT2D eigenvalue weighted by Gasteiger charge is -2.30. The van der Waals surface area contributed by atoms with Crippen molar-refractivity contribution in [3.63, 3.8) is 0 Å². The Labute approximate surface area is 101 Å². The zero-order chi connectivity index (χ0) is 12.5. The Morgan fingerprint density at radius 1 is 1.71 bits per heavy atom.